The lowest BCUT2D eigenvalue weighted by Crippen LogP contribution is -2.35. The van der Waals surface area contributed by atoms with Gasteiger partial charge in [-0.3, -0.25) is 10.1 Å². The van der Waals surface area contributed by atoms with Crippen LogP contribution in [0.5, 0.6) is 0 Å². The van der Waals surface area contributed by atoms with Gasteiger partial charge in [0, 0.05) is 0 Å². The van der Waals surface area contributed by atoms with Crippen molar-refractivity contribution in [3.63, 3.8) is 0 Å². The first-order valence-electron chi connectivity index (χ1n) is 4.28. The van der Waals surface area contributed by atoms with Crippen LogP contribution in [0.25, 0.3) is 0 Å². The van der Waals surface area contributed by atoms with E-state index < -0.39 is 30.7 Å². The second-order valence-corrected chi connectivity index (χ2v) is 2.56. The standard InChI is InChI=1S/C8H13NO6/c1-3-14-8(13)9-6(10)4-15-5(2)7(11)12/h5H,3-4H2,1-2H3,(H,11,12)(H,9,10,13). The monoisotopic (exact) mass is 219 g/mol. The third-order valence-corrected chi connectivity index (χ3v) is 1.33. The average Bonchev–Trinajstić information content (AvgIpc) is 2.14. The average molecular weight is 219 g/mol. The molecular weight excluding hydrogens is 206 g/mol. The van der Waals surface area contributed by atoms with Gasteiger partial charge in [0.25, 0.3) is 5.91 Å². The van der Waals surface area contributed by atoms with Crippen molar-refractivity contribution < 1.29 is 29.0 Å². The van der Waals surface area contributed by atoms with E-state index in [4.69, 9.17) is 5.11 Å². The molecular formula is C8H13NO6. The van der Waals surface area contributed by atoms with Crippen LogP contribution in [0.3, 0.4) is 0 Å². The Hall–Kier alpha value is -1.63. The second-order valence-electron chi connectivity index (χ2n) is 2.56. The molecule has 0 aliphatic heterocycles. The van der Waals surface area contributed by atoms with Crippen LogP contribution >= 0.6 is 0 Å². The number of amides is 2. The fourth-order valence-electron chi connectivity index (χ4n) is 0.589. The van der Waals surface area contributed by atoms with Gasteiger partial charge in [-0.15, -0.1) is 0 Å². The number of imide groups is 1. The molecule has 7 heteroatoms. The molecule has 0 rings (SSSR count). The molecule has 0 aliphatic carbocycles. The van der Waals surface area contributed by atoms with Gasteiger partial charge in [0.05, 0.1) is 6.61 Å². The Balaban J connectivity index is 3.75. The minimum absolute atomic E-state index is 0.144. The number of carboxylic acid groups (broad SMARTS) is 1. The highest BCUT2D eigenvalue weighted by molar-refractivity contribution is 5.92. The summed E-state index contributed by atoms with van der Waals surface area (Å²) in [6, 6.07) is 0. The van der Waals surface area contributed by atoms with Crippen LogP contribution in [0.2, 0.25) is 0 Å². The Kier molecular flexibility index (Phi) is 6.03. The van der Waals surface area contributed by atoms with Crippen LogP contribution in [0.15, 0.2) is 0 Å². The number of carboxylic acids is 1. The van der Waals surface area contributed by atoms with Crippen molar-refractivity contribution in [2.75, 3.05) is 13.2 Å². The third-order valence-electron chi connectivity index (χ3n) is 1.33. The molecule has 2 N–H and O–H groups in total. The van der Waals surface area contributed by atoms with Gasteiger partial charge in [-0.05, 0) is 13.8 Å². The molecule has 0 radical (unpaired) electrons. The Bertz CT molecular complexity index is 252. The molecule has 0 heterocycles. The first kappa shape index (κ1) is 13.4. The molecule has 0 aromatic rings. The molecule has 0 bridgehead atoms. The number of alkyl carbamates (subject to hydrolysis) is 1. The number of ether oxygens (including phenoxy) is 2. The number of nitrogens with one attached hydrogen (secondary N) is 1. The maximum atomic E-state index is 10.9. The van der Waals surface area contributed by atoms with Crippen molar-refractivity contribution in [1.29, 1.82) is 0 Å². The predicted octanol–water partition coefficient (Wildman–Crippen LogP) is -0.251. The minimum atomic E-state index is -1.18. The Morgan fingerprint density at radius 3 is 2.47 bits per heavy atom. The zero-order valence-electron chi connectivity index (χ0n) is 8.48. The minimum Gasteiger partial charge on any atom is -0.479 e. The number of hydrogen-bond acceptors (Lipinski definition) is 5. The number of rotatable bonds is 5. The normalized spacial score (nSPS) is 11.6. The molecule has 86 valence electrons. The second kappa shape index (κ2) is 6.77. The lowest BCUT2D eigenvalue weighted by Gasteiger charge is -2.07. The van der Waals surface area contributed by atoms with Gasteiger partial charge in [-0.1, -0.05) is 0 Å². The van der Waals surface area contributed by atoms with Gasteiger partial charge < -0.3 is 14.6 Å². The van der Waals surface area contributed by atoms with Crippen molar-refractivity contribution in [3.8, 4) is 0 Å². The van der Waals surface area contributed by atoms with Gasteiger partial charge in [0.15, 0.2) is 6.10 Å². The fraction of sp³-hybridized carbons (Fsp3) is 0.625. The van der Waals surface area contributed by atoms with Crippen LogP contribution in [0.4, 0.5) is 4.79 Å². The van der Waals surface area contributed by atoms with Crippen LogP contribution in [-0.2, 0) is 19.1 Å². The summed E-state index contributed by atoms with van der Waals surface area (Å²) in [6.45, 7) is 2.50. The molecule has 0 saturated carbocycles. The summed E-state index contributed by atoms with van der Waals surface area (Å²) in [5.41, 5.74) is 0. The topological polar surface area (TPSA) is 102 Å². The van der Waals surface area contributed by atoms with E-state index in [1.807, 2.05) is 5.32 Å². The first-order chi connectivity index (χ1) is 6.97. The van der Waals surface area contributed by atoms with E-state index >= 15 is 0 Å². The van der Waals surface area contributed by atoms with Crippen molar-refractivity contribution >= 4 is 18.0 Å². The Morgan fingerprint density at radius 1 is 1.40 bits per heavy atom. The maximum Gasteiger partial charge on any atom is 0.413 e. The maximum absolute atomic E-state index is 10.9. The van der Waals surface area contributed by atoms with Gasteiger partial charge >= 0.3 is 12.1 Å². The highest BCUT2D eigenvalue weighted by atomic mass is 16.6. The Labute approximate surface area is 86.3 Å². The fourth-order valence-corrected chi connectivity index (χ4v) is 0.589. The molecule has 0 fully saturated rings. The molecule has 0 aliphatic rings. The van der Waals surface area contributed by atoms with E-state index in [0.717, 1.165) is 0 Å². The summed E-state index contributed by atoms with van der Waals surface area (Å²) in [5.74, 6) is -1.93. The summed E-state index contributed by atoms with van der Waals surface area (Å²) < 4.78 is 9.05. The molecule has 0 saturated heterocycles. The van der Waals surface area contributed by atoms with Gasteiger partial charge in [-0.25, -0.2) is 9.59 Å². The molecule has 1 atom stereocenters. The van der Waals surface area contributed by atoms with E-state index in [-0.39, 0.29) is 6.61 Å². The van der Waals surface area contributed by atoms with E-state index in [1.54, 1.807) is 6.92 Å². The Morgan fingerprint density at radius 2 is 2.00 bits per heavy atom. The molecule has 15 heavy (non-hydrogen) atoms. The van der Waals surface area contributed by atoms with Crippen molar-refractivity contribution in [2.24, 2.45) is 0 Å². The predicted molar refractivity (Wildman–Crippen MR) is 48.2 cm³/mol. The molecule has 0 spiro atoms. The van der Waals surface area contributed by atoms with E-state index in [1.165, 1.54) is 6.92 Å². The van der Waals surface area contributed by atoms with Crippen molar-refractivity contribution in [2.45, 2.75) is 20.0 Å². The molecule has 2 amide bonds. The molecule has 0 aromatic heterocycles. The number of aliphatic carboxylic acids is 1. The molecule has 7 nitrogen and oxygen atoms in total. The quantitative estimate of drug-likeness (QED) is 0.661. The van der Waals surface area contributed by atoms with Crippen LogP contribution in [0.1, 0.15) is 13.8 Å². The van der Waals surface area contributed by atoms with E-state index in [9.17, 15) is 14.4 Å². The highest BCUT2D eigenvalue weighted by Crippen LogP contribution is 1.89. The molecule has 0 aromatic carbocycles. The summed E-state index contributed by atoms with van der Waals surface area (Å²) in [4.78, 5) is 31.9. The number of carbonyl (C=O) groups is 3. The first-order valence-corrected chi connectivity index (χ1v) is 4.28. The van der Waals surface area contributed by atoms with Gasteiger partial charge in [0.1, 0.15) is 6.61 Å². The lowest BCUT2D eigenvalue weighted by molar-refractivity contribution is -0.150. The van der Waals surface area contributed by atoms with Crippen LogP contribution < -0.4 is 5.32 Å². The van der Waals surface area contributed by atoms with Crippen molar-refractivity contribution in [1.82, 2.24) is 5.32 Å². The van der Waals surface area contributed by atoms with Crippen molar-refractivity contribution in [3.05, 3.63) is 0 Å². The van der Waals surface area contributed by atoms with Gasteiger partial charge in [-0.2, -0.15) is 0 Å². The third kappa shape index (κ3) is 6.44. The zero-order chi connectivity index (χ0) is 11.8. The summed E-state index contributed by atoms with van der Waals surface area (Å²) >= 11 is 0. The molecule has 1 unspecified atom stereocenters. The van der Waals surface area contributed by atoms with Crippen LogP contribution in [-0.4, -0.2) is 42.4 Å². The number of hydrogen-bond donors (Lipinski definition) is 2. The van der Waals surface area contributed by atoms with E-state index in [0.29, 0.717) is 0 Å². The van der Waals surface area contributed by atoms with Gasteiger partial charge in [0.2, 0.25) is 0 Å². The smallest absolute Gasteiger partial charge is 0.413 e. The number of carbonyl (C=O) groups excluding carboxylic acids is 2. The SMILES string of the molecule is CCOC(=O)NC(=O)COC(C)C(=O)O. The highest BCUT2D eigenvalue weighted by Gasteiger charge is 2.14. The lowest BCUT2D eigenvalue weighted by atomic mass is 10.4. The summed E-state index contributed by atoms with van der Waals surface area (Å²) in [7, 11) is 0. The van der Waals surface area contributed by atoms with E-state index in [2.05, 4.69) is 9.47 Å². The van der Waals surface area contributed by atoms with Crippen LogP contribution in [0, 0.1) is 0 Å². The summed E-state index contributed by atoms with van der Waals surface area (Å²) in [6.07, 6.45) is -1.98. The summed E-state index contributed by atoms with van der Waals surface area (Å²) in [5, 5.41) is 10.3. The largest absolute Gasteiger partial charge is 0.479 e. The zero-order valence-corrected chi connectivity index (χ0v) is 8.48.